The van der Waals surface area contributed by atoms with Gasteiger partial charge in [-0.3, -0.25) is 4.79 Å². The van der Waals surface area contributed by atoms with Gasteiger partial charge in [0.15, 0.2) is 0 Å². The first-order chi connectivity index (χ1) is 10.0. The van der Waals surface area contributed by atoms with Crippen molar-refractivity contribution >= 4 is 5.69 Å². The van der Waals surface area contributed by atoms with E-state index in [2.05, 4.69) is 31.0 Å². The molecule has 0 atom stereocenters. The predicted octanol–water partition coefficient (Wildman–Crippen LogP) is 3.37. The SMILES string of the molecule is CC(C)C12CC(n3ccc(N4CCCCC4)cc3=O)(C1)C2. The van der Waals surface area contributed by atoms with E-state index >= 15 is 0 Å². The van der Waals surface area contributed by atoms with Gasteiger partial charge in [0.05, 0.1) is 0 Å². The molecule has 0 unspecified atom stereocenters. The Hall–Kier alpha value is -1.25. The average Bonchev–Trinajstić information content (AvgIpc) is 2.38. The van der Waals surface area contributed by atoms with Crippen LogP contribution in [-0.4, -0.2) is 17.7 Å². The highest BCUT2D eigenvalue weighted by atomic mass is 16.1. The molecule has 114 valence electrons. The smallest absolute Gasteiger partial charge is 0.253 e. The summed E-state index contributed by atoms with van der Waals surface area (Å²) < 4.78 is 2.03. The van der Waals surface area contributed by atoms with Crippen LogP contribution in [0.5, 0.6) is 0 Å². The third kappa shape index (κ3) is 1.82. The summed E-state index contributed by atoms with van der Waals surface area (Å²) in [6, 6.07) is 4.03. The molecule has 21 heavy (non-hydrogen) atoms. The zero-order valence-corrected chi connectivity index (χ0v) is 13.3. The molecule has 5 rings (SSSR count). The van der Waals surface area contributed by atoms with Crippen LogP contribution in [0.2, 0.25) is 0 Å². The van der Waals surface area contributed by atoms with Gasteiger partial charge in [-0.1, -0.05) is 13.8 Å². The second kappa shape index (κ2) is 4.37. The highest BCUT2D eigenvalue weighted by molar-refractivity contribution is 5.45. The molecule has 1 saturated heterocycles. The second-order valence-corrected chi connectivity index (χ2v) is 7.91. The van der Waals surface area contributed by atoms with Gasteiger partial charge in [0.1, 0.15) is 0 Å². The van der Waals surface area contributed by atoms with Crippen molar-refractivity contribution in [2.24, 2.45) is 11.3 Å². The number of hydrogen-bond acceptors (Lipinski definition) is 2. The number of aromatic nitrogens is 1. The normalized spacial score (nSPS) is 34.5. The molecule has 0 aromatic carbocycles. The third-order valence-electron chi connectivity index (χ3n) is 6.40. The fraction of sp³-hybridized carbons (Fsp3) is 0.722. The molecule has 1 aliphatic heterocycles. The van der Waals surface area contributed by atoms with Crippen molar-refractivity contribution in [1.82, 2.24) is 4.57 Å². The zero-order chi connectivity index (χ0) is 14.7. The number of anilines is 1. The minimum atomic E-state index is 0.168. The standard InChI is InChI=1S/C18H26N2O/c1-14(2)17-11-18(12-17,13-17)20-9-6-15(10-16(20)21)19-7-4-3-5-8-19/h6,9-10,14H,3-5,7-8,11-13H2,1-2H3. The maximum absolute atomic E-state index is 12.6. The summed E-state index contributed by atoms with van der Waals surface area (Å²) in [6.07, 6.45) is 9.53. The predicted molar refractivity (Wildman–Crippen MR) is 85.9 cm³/mol. The van der Waals surface area contributed by atoms with Crippen LogP contribution in [0, 0.1) is 11.3 Å². The van der Waals surface area contributed by atoms with E-state index in [0.29, 0.717) is 5.41 Å². The van der Waals surface area contributed by atoms with E-state index in [-0.39, 0.29) is 11.1 Å². The molecule has 1 aromatic rings. The van der Waals surface area contributed by atoms with Gasteiger partial charge in [-0.25, -0.2) is 0 Å². The molecular weight excluding hydrogens is 260 g/mol. The Balaban J connectivity index is 1.55. The molecule has 0 amide bonds. The number of nitrogens with zero attached hydrogens (tertiary/aromatic N) is 2. The summed E-state index contributed by atoms with van der Waals surface area (Å²) in [6.45, 7) is 6.85. The van der Waals surface area contributed by atoms with Crippen molar-refractivity contribution < 1.29 is 0 Å². The highest BCUT2D eigenvalue weighted by Gasteiger charge is 2.69. The number of rotatable bonds is 3. The highest BCUT2D eigenvalue weighted by Crippen LogP contribution is 2.74. The van der Waals surface area contributed by atoms with E-state index in [4.69, 9.17) is 0 Å². The summed E-state index contributed by atoms with van der Waals surface area (Å²) in [4.78, 5) is 14.9. The first kappa shape index (κ1) is 13.4. The summed E-state index contributed by atoms with van der Waals surface area (Å²) >= 11 is 0. The van der Waals surface area contributed by atoms with Crippen LogP contribution in [-0.2, 0) is 5.54 Å². The third-order valence-corrected chi connectivity index (χ3v) is 6.40. The minimum Gasteiger partial charge on any atom is -0.371 e. The van der Waals surface area contributed by atoms with E-state index in [1.165, 1.54) is 38.5 Å². The van der Waals surface area contributed by atoms with Gasteiger partial charge in [-0.05, 0) is 55.9 Å². The van der Waals surface area contributed by atoms with Gasteiger partial charge < -0.3 is 9.47 Å². The van der Waals surface area contributed by atoms with Gasteiger partial charge in [0, 0.05) is 36.6 Å². The van der Waals surface area contributed by atoms with Gasteiger partial charge in [0.25, 0.3) is 5.56 Å². The molecule has 4 fully saturated rings. The van der Waals surface area contributed by atoms with Crippen LogP contribution in [0.15, 0.2) is 23.1 Å². The largest absolute Gasteiger partial charge is 0.371 e. The van der Waals surface area contributed by atoms with Crippen molar-refractivity contribution in [3.05, 3.63) is 28.7 Å². The van der Waals surface area contributed by atoms with Crippen molar-refractivity contribution in [1.29, 1.82) is 0 Å². The van der Waals surface area contributed by atoms with E-state index in [1.54, 1.807) is 0 Å². The Morgan fingerprint density at radius 1 is 1.10 bits per heavy atom. The van der Waals surface area contributed by atoms with Crippen molar-refractivity contribution in [3.8, 4) is 0 Å². The van der Waals surface area contributed by atoms with Crippen LogP contribution in [0.1, 0.15) is 52.4 Å². The summed E-state index contributed by atoms with van der Waals surface area (Å²) in [7, 11) is 0. The van der Waals surface area contributed by atoms with E-state index in [9.17, 15) is 4.79 Å². The molecule has 0 radical (unpaired) electrons. The lowest BCUT2D eigenvalue weighted by molar-refractivity contribution is -0.215. The fourth-order valence-electron chi connectivity index (χ4n) is 4.89. The molecule has 2 bridgehead atoms. The Morgan fingerprint density at radius 3 is 2.33 bits per heavy atom. The lowest BCUT2D eigenvalue weighted by Gasteiger charge is -2.73. The molecule has 3 heteroatoms. The van der Waals surface area contributed by atoms with Crippen LogP contribution >= 0.6 is 0 Å². The topological polar surface area (TPSA) is 25.2 Å². The van der Waals surface area contributed by atoms with Crippen LogP contribution in [0.25, 0.3) is 0 Å². The van der Waals surface area contributed by atoms with E-state index in [0.717, 1.165) is 24.7 Å². The first-order valence-corrected chi connectivity index (χ1v) is 8.53. The Kier molecular flexibility index (Phi) is 2.79. The summed E-state index contributed by atoms with van der Waals surface area (Å²) in [5.74, 6) is 0.753. The van der Waals surface area contributed by atoms with Gasteiger partial charge in [0.2, 0.25) is 0 Å². The lowest BCUT2D eigenvalue weighted by Crippen LogP contribution is -2.71. The molecule has 4 aliphatic rings. The number of hydrogen-bond donors (Lipinski definition) is 0. The van der Waals surface area contributed by atoms with Crippen molar-refractivity contribution in [2.75, 3.05) is 18.0 Å². The first-order valence-electron chi connectivity index (χ1n) is 8.53. The van der Waals surface area contributed by atoms with Gasteiger partial charge in [-0.15, -0.1) is 0 Å². The molecular formula is C18H26N2O. The molecule has 0 spiro atoms. The van der Waals surface area contributed by atoms with Crippen molar-refractivity contribution in [3.63, 3.8) is 0 Å². The molecule has 1 aromatic heterocycles. The second-order valence-electron chi connectivity index (χ2n) is 7.91. The van der Waals surface area contributed by atoms with Crippen LogP contribution < -0.4 is 10.5 Å². The van der Waals surface area contributed by atoms with Crippen LogP contribution in [0.3, 0.4) is 0 Å². The molecule has 2 heterocycles. The molecule has 3 saturated carbocycles. The summed E-state index contributed by atoms with van der Waals surface area (Å²) in [5.41, 5.74) is 2.04. The minimum absolute atomic E-state index is 0.168. The van der Waals surface area contributed by atoms with E-state index in [1.807, 2.05) is 10.6 Å². The monoisotopic (exact) mass is 286 g/mol. The molecule has 3 aliphatic carbocycles. The molecule has 0 N–H and O–H groups in total. The lowest BCUT2D eigenvalue weighted by atomic mass is 9.36. The van der Waals surface area contributed by atoms with Gasteiger partial charge in [-0.2, -0.15) is 0 Å². The number of piperidine rings is 1. The zero-order valence-electron chi connectivity index (χ0n) is 13.3. The summed E-state index contributed by atoms with van der Waals surface area (Å²) in [5, 5.41) is 0. The van der Waals surface area contributed by atoms with Gasteiger partial charge >= 0.3 is 0 Å². The van der Waals surface area contributed by atoms with Crippen molar-refractivity contribution in [2.45, 2.75) is 57.9 Å². The van der Waals surface area contributed by atoms with Crippen LogP contribution in [0.4, 0.5) is 5.69 Å². The maximum atomic E-state index is 12.6. The van der Waals surface area contributed by atoms with E-state index < -0.39 is 0 Å². The average molecular weight is 286 g/mol. The Bertz CT molecular complexity index is 590. The maximum Gasteiger partial charge on any atom is 0.253 e. The Morgan fingerprint density at radius 2 is 1.76 bits per heavy atom. The Labute approximate surface area is 127 Å². The number of pyridine rings is 1. The quantitative estimate of drug-likeness (QED) is 0.851. The molecule has 3 nitrogen and oxygen atoms in total. The fourth-order valence-corrected chi connectivity index (χ4v) is 4.89.